The van der Waals surface area contributed by atoms with E-state index in [2.05, 4.69) is 4.98 Å². The zero-order chi connectivity index (χ0) is 6.69. The third kappa shape index (κ3) is 2.42. The number of ether oxygens (including phenoxy) is 1. The zero-order valence-corrected chi connectivity index (χ0v) is 6.95. The maximum atomic E-state index is 5.60. The highest BCUT2D eigenvalue weighted by Gasteiger charge is 1.90. The van der Waals surface area contributed by atoms with Gasteiger partial charge in [-0.3, -0.25) is 0 Å². The second kappa shape index (κ2) is 4.36. The molecule has 1 heterocycles. The number of rotatable bonds is 1. The molecule has 0 saturated heterocycles. The van der Waals surface area contributed by atoms with Gasteiger partial charge in [0.1, 0.15) is 0 Å². The molecule has 0 radical (unpaired) electrons. The molecular weight excluding hydrogens is 173 g/mol. The van der Waals surface area contributed by atoms with E-state index in [1.165, 1.54) is 0 Å². The Morgan fingerprint density at radius 3 is 2.70 bits per heavy atom. The van der Waals surface area contributed by atoms with Crippen LogP contribution in [-0.2, 0) is 0 Å². The first-order chi connectivity index (χ1) is 4.33. The van der Waals surface area contributed by atoms with Crippen molar-refractivity contribution < 1.29 is 4.74 Å². The van der Waals surface area contributed by atoms with Crippen molar-refractivity contribution in [2.45, 2.75) is 0 Å². The molecule has 0 bridgehead atoms. The Labute approximate surface area is 70.6 Å². The molecule has 0 fully saturated rings. The normalized spacial score (nSPS) is 8.20. The number of methoxy groups -OCH3 is 1. The molecule has 2 nitrogen and oxygen atoms in total. The lowest BCUT2D eigenvalue weighted by molar-refractivity contribution is 0.398. The minimum Gasteiger partial charge on any atom is -0.481 e. The summed E-state index contributed by atoms with van der Waals surface area (Å²) >= 11 is 5.60. The van der Waals surface area contributed by atoms with Crippen LogP contribution in [0.1, 0.15) is 0 Å². The average Bonchev–Trinajstić information content (AvgIpc) is 1.88. The zero-order valence-electron chi connectivity index (χ0n) is 5.37. The van der Waals surface area contributed by atoms with Crippen molar-refractivity contribution >= 4 is 24.0 Å². The first kappa shape index (κ1) is 9.53. The van der Waals surface area contributed by atoms with E-state index in [4.69, 9.17) is 16.3 Å². The van der Waals surface area contributed by atoms with E-state index in [0.29, 0.717) is 10.9 Å². The van der Waals surface area contributed by atoms with Gasteiger partial charge in [-0.15, -0.1) is 12.4 Å². The van der Waals surface area contributed by atoms with Crippen molar-refractivity contribution in [3.63, 3.8) is 0 Å². The van der Waals surface area contributed by atoms with Crippen LogP contribution >= 0.6 is 24.0 Å². The molecule has 0 aromatic carbocycles. The molecular formula is C6H7Cl2NO. The third-order valence-corrected chi connectivity index (χ3v) is 1.14. The van der Waals surface area contributed by atoms with Crippen molar-refractivity contribution in [2.75, 3.05) is 7.11 Å². The minimum absolute atomic E-state index is 0. The van der Waals surface area contributed by atoms with Crippen LogP contribution in [0.15, 0.2) is 18.3 Å². The number of hydrogen-bond donors (Lipinski definition) is 0. The number of pyridine rings is 1. The highest BCUT2D eigenvalue weighted by molar-refractivity contribution is 6.30. The maximum absolute atomic E-state index is 5.60. The lowest BCUT2D eigenvalue weighted by Gasteiger charge is -1.95. The van der Waals surface area contributed by atoms with E-state index in [1.54, 1.807) is 25.4 Å². The highest BCUT2D eigenvalue weighted by Crippen LogP contribution is 2.12. The number of halogens is 2. The Hall–Kier alpha value is -0.470. The molecule has 1 aromatic heterocycles. The van der Waals surface area contributed by atoms with Crippen LogP contribution in [0.3, 0.4) is 0 Å². The van der Waals surface area contributed by atoms with Crippen molar-refractivity contribution in [2.24, 2.45) is 0 Å². The van der Waals surface area contributed by atoms with E-state index < -0.39 is 0 Å². The maximum Gasteiger partial charge on any atom is 0.214 e. The SMILES string of the molecule is COc1cc(Cl)ccn1.Cl. The van der Waals surface area contributed by atoms with Gasteiger partial charge in [-0.1, -0.05) is 11.6 Å². The van der Waals surface area contributed by atoms with Crippen molar-refractivity contribution in [3.8, 4) is 5.88 Å². The Kier molecular flexibility index (Phi) is 4.16. The molecule has 0 saturated carbocycles. The predicted octanol–water partition coefficient (Wildman–Crippen LogP) is 2.17. The summed E-state index contributed by atoms with van der Waals surface area (Å²) in [6.45, 7) is 0. The van der Waals surface area contributed by atoms with Crippen LogP contribution in [0, 0.1) is 0 Å². The Balaban J connectivity index is 0.000000810. The molecule has 1 rings (SSSR count). The summed E-state index contributed by atoms with van der Waals surface area (Å²) in [5.74, 6) is 0.544. The predicted molar refractivity (Wildman–Crippen MR) is 43.0 cm³/mol. The fraction of sp³-hybridized carbons (Fsp3) is 0.167. The molecule has 0 aliphatic carbocycles. The summed E-state index contributed by atoms with van der Waals surface area (Å²) in [6, 6.07) is 3.35. The molecule has 0 atom stereocenters. The summed E-state index contributed by atoms with van der Waals surface area (Å²) in [6.07, 6.45) is 1.60. The standard InChI is InChI=1S/C6H6ClNO.ClH/c1-9-6-4-5(7)2-3-8-6;/h2-4H,1H3;1H. The van der Waals surface area contributed by atoms with E-state index in [0.717, 1.165) is 0 Å². The second-order valence-corrected chi connectivity index (χ2v) is 1.95. The molecule has 4 heteroatoms. The van der Waals surface area contributed by atoms with Crippen LogP contribution in [0.4, 0.5) is 0 Å². The third-order valence-electron chi connectivity index (χ3n) is 0.906. The molecule has 0 aliphatic rings. The Bertz CT molecular complexity index is 205. The van der Waals surface area contributed by atoms with E-state index in [1.807, 2.05) is 0 Å². The molecule has 1 aromatic rings. The van der Waals surface area contributed by atoms with Gasteiger partial charge < -0.3 is 4.74 Å². The van der Waals surface area contributed by atoms with Gasteiger partial charge in [0.25, 0.3) is 0 Å². The molecule has 0 amide bonds. The number of aromatic nitrogens is 1. The first-order valence-electron chi connectivity index (χ1n) is 2.48. The molecule has 0 N–H and O–H groups in total. The summed E-state index contributed by atoms with van der Waals surface area (Å²) in [5, 5.41) is 0.641. The largest absolute Gasteiger partial charge is 0.481 e. The van der Waals surface area contributed by atoms with Gasteiger partial charge >= 0.3 is 0 Å². The monoisotopic (exact) mass is 179 g/mol. The smallest absolute Gasteiger partial charge is 0.214 e. The first-order valence-corrected chi connectivity index (χ1v) is 2.86. The van der Waals surface area contributed by atoms with Crippen LogP contribution in [0.25, 0.3) is 0 Å². The average molecular weight is 180 g/mol. The van der Waals surface area contributed by atoms with Crippen LogP contribution < -0.4 is 4.74 Å². The van der Waals surface area contributed by atoms with Gasteiger partial charge in [0.2, 0.25) is 5.88 Å². The Morgan fingerprint density at radius 1 is 1.60 bits per heavy atom. The van der Waals surface area contributed by atoms with E-state index in [-0.39, 0.29) is 12.4 Å². The van der Waals surface area contributed by atoms with Crippen molar-refractivity contribution in [3.05, 3.63) is 23.4 Å². The molecule has 0 unspecified atom stereocenters. The number of nitrogens with zero attached hydrogens (tertiary/aromatic N) is 1. The van der Waals surface area contributed by atoms with Gasteiger partial charge in [-0.2, -0.15) is 0 Å². The fourth-order valence-corrected chi connectivity index (χ4v) is 0.647. The molecule has 10 heavy (non-hydrogen) atoms. The van der Waals surface area contributed by atoms with Crippen LogP contribution in [-0.4, -0.2) is 12.1 Å². The summed E-state index contributed by atoms with van der Waals surface area (Å²) in [4.78, 5) is 3.85. The van der Waals surface area contributed by atoms with Gasteiger partial charge in [0.05, 0.1) is 7.11 Å². The van der Waals surface area contributed by atoms with Crippen molar-refractivity contribution in [1.29, 1.82) is 0 Å². The van der Waals surface area contributed by atoms with Gasteiger partial charge in [0, 0.05) is 17.3 Å². The quantitative estimate of drug-likeness (QED) is 0.660. The Morgan fingerprint density at radius 2 is 2.30 bits per heavy atom. The lowest BCUT2D eigenvalue weighted by Crippen LogP contribution is -1.84. The molecule has 0 aliphatic heterocycles. The van der Waals surface area contributed by atoms with E-state index >= 15 is 0 Å². The van der Waals surface area contributed by atoms with Crippen molar-refractivity contribution in [1.82, 2.24) is 4.98 Å². The molecule has 56 valence electrons. The minimum atomic E-state index is 0. The highest BCUT2D eigenvalue weighted by atomic mass is 35.5. The van der Waals surface area contributed by atoms with Gasteiger partial charge in [-0.25, -0.2) is 4.98 Å². The lowest BCUT2D eigenvalue weighted by atomic mass is 10.5. The summed E-state index contributed by atoms with van der Waals surface area (Å²) in [7, 11) is 1.55. The van der Waals surface area contributed by atoms with Gasteiger partial charge in [0.15, 0.2) is 0 Å². The fourth-order valence-electron chi connectivity index (χ4n) is 0.497. The second-order valence-electron chi connectivity index (χ2n) is 1.52. The molecule has 0 spiro atoms. The number of hydrogen-bond acceptors (Lipinski definition) is 2. The topological polar surface area (TPSA) is 22.1 Å². The van der Waals surface area contributed by atoms with Gasteiger partial charge in [-0.05, 0) is 6.07 Å². The summed E-state index contributed by atoms with van der Waals surface area (Å²) < 4.78 is 4.80. The van der Waals surface area contributed by atoms with E-state index in [9.17, 15) is 0 Å². The van der Waals surface area contributed by atoms with Crippen LogP contribution in [0.5, 0.6) is 5.88 Å². The van der Waals surface area contributed by atoms with Crippen LogP contribution in [0.2, 0.25) is 5.02 Å². The summed E-state index contributed by atoms with van der Waals surface area (Å²) in [5.41, 5.74) is 0.